The van der Waals surface area contributed by atoms with Gasteiger partial charge in [0.2, 0.25) is 0 Å². The predicted molar refractivity (Wildman–Crippen MR) is 50.9 cm³/mol. The molecule has 0 saturated heterocycles. The molecule has 0 aliphatic rings. The molecule has 0 rings (SSSR count). The first-order valence-electron chi connectivity index (χ1n) is 4.39. The van der Waals surface area contributed by atoms with Crippen molar-refractivity contribution in [3.05, 3.63) is 0 Å². The first-order chi connectivity index (χ1) is 5.07. The zero-order valence-corrected chi connectivity index (χ0v) is 8.52. The van der Waals surface area contributed by atoms with Crippen LogP contribution in [0.3, 0.4) is 0 Å². The van der Waals surface area contributed by atoms with Gasteiger partial charge in [0.25, 0.3) is 0 Å². The Bertz CT molecular complexity index is 89.6. The summed E-state index contributed by atoms with van der Waals surface area (Å²) in [6.07, 6.45) is 1.27. The summed E-state index contributed by atoms with van der Waals surface area (Å²) < 4.78 is 0. The lowest BCUT2D eigenvalue weighted by molar-refractivity contribution is 0.251. The lowest BCUT2D eigenvalue weighted by Crippen LogP contribution is -2.37. The topological polar surface area (TPSA) is 15.3 Å². The molecule has 0 aliphatic heterocycles. The van der Waals surface area contributed by atoms with Crippen LogP contribution in [-0.4, -0.2) is 38.6 Å². The SMILES string of the molecule is CNC[C@H](CC(C)C)N(C)C. The summed E-state index contributed by atoms with van der Waals surface area (Å²) in [7, 11) is 6.30. The summed E-state index contributed by atoms with van der Waals surface area (Å²) in [6.45, 7) is 5.63. The maximum absolute atomic E-state index is 3.21. The highest BCUT2D eigenvalue weighted by molar-refractivity contribution is 4.69. The lowest BCUT2D eigenvalue weighted by atomic mass is 10.0. The predicted octanol–water partition coefficient (Wildman–Crippen LogP) is 1.18. The van der Waals surface area contributed by atoms with Gasteiger partial charge >= 0.3 is 0 Å². The van der Waals surface area contributed by atoms with Crippen molar-refractivity contribution in [1.29, 1.82) is 0 Å². The molecule has 0 bridgehead atoms. The van der Waals surface area contributed by atoms with E-state index < -0.39 is 0 Å². The minimum absolute atomic E-state index is 0.681. The van der Waals surface area contributed by atoms with Crippen LogP contribution in [0.2, 0.25) is 0 Å². The van der Waals surface area contributed by atoms with Crippen molar-refractivity contribution >= 4 is 0 Å². The average Bonchev–Trinajstić information content (AvgIpc) is 1.86. The number of hydrogen-bond acceptors (Lipinski definition) is 2. The molecule has 68 valence electrons. The molecule has 0 saturated carbocycles. The molecular weight excluding hydrogens is 136 g/mol. The van der Waals surface area contributed by atoms with E-state index in [1.807, 2.05) is 7.05 Å². The van der Waals surface area contributed by atoms with Gasteiger partial charge in [-0.1, -0.05) is 13.8 Å². The van der Waals surface area contributed by atoms with E-state index in [-0.39, 0.29) is 0 Å². The number of nitrogens with zero attached hydrogens (tertiary/aromatic N) is 1. The summed E-state index contributed by atoms with van der Waals surface area (Å²) in [5, 5.41) is 3.21. The van der Waals surface area contributed by atoms with Crippen molar-refractivity contribution in [2.75, 3.05) is 27.7 Å². The first kappa shape index (κ1) is 10.9. The van der Waals surface area contributed by atoms with E-state index in [9.17, 15) is 0 Å². The third-order valence-corrected chi connectivity index (χ3v) is 1.91. The third kappa shape index (κ3) is 5.22. The molecule has 1 N–H and O–H groups in total. The van der Waals surface area contributed by atoms with Crippen molar-refractivity contribution < 1.29 is 0 Å². The zero-order valence-electron chi connectivity index (χ0n) is 8.52. The van der Waals surface area contributed by atoms with Crippen LogP contribution in [0.1, 0.15) is 20.3 Å². The number of likely N-dealkylation sites (N-methyl/N-ethyl adjacent to an activating group) is 2. The second kappa shape index (κ2) is 5.56. The molecule has 11 heavy (non-hydrogen) atoms. The third-order valence-electron chi connectivity index (χ3n) is 1.91. The summed E-state index contributed by atoms with van der Waals surface area (Å²) in [5.41, 5.74) is 0. The molecule has 2 heteroatoms. The summed E-state index contributed by atoms with van der Waals surface area (Å²) in [4.78, 5) is 2.29. The first-order valence-corrected chi connectivity index (χ1v) is 4.39. The number of nitrogens with one attached hydrogen (secondary N) is 1. The highest BCUT2D eigenvalue weighted by Gasteiger charge is 2.11. The molecule has 0 aromatic rings. The fourth-order valence-electron chi connectivity index (χ4n) is 1.26. The monoisotopic (exact) mass is 158 g/mol. The normalized spacial score (nSPS) is 14.5. The van der Waals surface area contributed by atoms with E-state index in [1.54, 1.807) is 0 Å². The van der Waals surface area contributed by atoms with Gasteiger partial charge in [0.05, 0.1) is 0 Å². The lowest BCUT2D eigenvalue weighted by Gasteiger charge is -2.25. The Hall–Kier alpha value is -0.0800. The Kier molecular flexibility index (Phi) is 5.51. The molecule has 1 atom stereocenters. The molecule has 0 radical (unpaired) electrons. The molecule has 0 aliphatic carbocycles. The van der Waals surface area contributed by atoms with Gasteiger partial charge < -0.3 is 10.2 Å². The van der Waals surface area contributed by atoms with E-state index >= 15 is 0 Å². The van der Waals surface area contributed by atoms with Gasteiger partial charge in [-0.25, -0.2) is 0 Å². The van der Waals surface area contributed by atoms with Gasteiger partial charge in [-0.2, -0.15) is 0 Å². The molecule has 0 amide bonds. The maximum Gasteiger partial charge on any atom is 0.0216 e. The van der Waals surface area contributed by atoms with Crippen LogP contribution in [-0.2, 0) is 0 Å². The van der Waals surface area contributed by atoms with Crippen molar-refractivity contribution in [3.63, 3.8) is 0 Å². The van der Waals surface area contributed by atoms with Gasteiger partial charge in [-0.05, 0) is 33.5 Å². The molecular formula is C9H22N2. The van der Waals surface area contributed by atoms with E-state index in [4.69, 9.17) is 0 Å². The Morgan fingerprint density at radius 2 is 1.82 bits per heavy atom. The largest absolute Gasteiger partial charge is 0.318 e. The Morgan fingerprint density at radius 3 is 2.09 bits per heavy atom. The van der Waals surface area contributed by atoms with Crippen LogP contribution in [0.5, 0.6) is 0 Å². The fraction of sp³-hybridized carbons (Fsp3) is 1.00. The Morgan fingerprint density at radius 1 is 1.27 bits per heavy atom. The van der Waals surface area contributed by atoms with Crippen LogP contribution in [0.4, 0.5) is 0 Å². The van der Waals surface area contributed by atoms with Crippen LogP contribution < -0.4 is 5.32 Å². The Balaban J connectivity index is 3.69. The second-order valence-electron chi connectivity index (χ2n) is 3.80. The molecule has 0 heterocycles. The molecule has 0 aromatic carbocycles. The minimum Gasteiger partial charge on any atom is -0.318 e. The number of rotatable bonds is 5. The molecule has 2 nitrogen and oxygen atoms in total. The molecule has 0 unspecified atom stereocenters. The van der Waals surface area contributed by atoms with E-state index in [0.717, 1.165) is 12.5 Å². The maximum atomic E-state index is 3.21. The van der Waals surface area contributed by atoms with Crippen molar-refractivity contribution in [2.24, 2.45) is 5.92 Å². The van der Waals surface area contributed by atoms with Gasteiger partial charge in [0.1, 0.15) is 0 Å². The zero-order chi connectivity index (χ0) is 8.85. The minimum atomic E-state index is 0.681. The summed E-state index contributed by atoms with van der Waals surface area (Å²) in [6, 6.07) is 0.681. The number of hydrogen-bond donors (Lipinski definition) is 1. The molecule has 0 spiro atoms. The van der Waals surface area contributed by atoms with E-state index in [2.05, 4.69) is 38.2 Å². The standard InChI is InChI=1S/C9H22N2/c1-8(2)6-9(7-10-3)11(4)5/h8-10H,6-7H2,1-5H3/t9-/m0/s1. The van der Waals surface area contributed by atoms with Crippen molar-refractivity contribution in [3.8, 4) is 0 Å². The van der Waals surface area contributed by atoms with Gasteiger partial charge in [0, 0.05) is 12.6 Å². The van der Waals surface area contributed by atoms with Crippen LogP contribution in [0, 0.1) is 5.92 Å². The average molecular weight is 158 g/mol. The second-order valence-corrected chi connectivity index (χ2v) is 3.80. The summed E-state index contributed by atoms with van der Waals surface area (Å²) in [5.74, 6) is 0.788. The molecule has 0 fully saturated rings. The summed E-state index contributed by atoms with van der Waals surface area (Å²) >= 11 is 0. The van der Waals surface area contributed by atoms with Gasteiger partial charge in [0.15, 0.2) is 0 Å². The molecule has 0 aromatic heterocycles. The highest BCUT2D eigenvalue weighted by Crippen LogP contribution is 2.07. The smallest absolute Gasteiger partial charge is 0.0216 e. The van der Waals surface area contributed by atoms with Crippen molar-refractivity contribution in [2.45, 2.75) is 26.3 Å². The van der Waals surface area contributed by atoms with Crippen LogP contribution in [0.25, 0.3) is 0 Å². The van der Waals surface area contributed by atoms with Gasteiger partial charge in [-0.3, -0.25) is 0 Å². The van der Waals surface area contributed by atoms with Crippen LogP contribution >= 0.6 is 0 Å². The highest BCUT2D eigenvalue weighted by atomic mass is 15.1. The van der Waals surface area contributed by atoms with Crippen LogP contribution in [0.15, 0.2) is 0 Å². The van der Waals surface area contributed by atoms with Gasteiger partial charge in [-0.15, -0.1) is 0 Å². The quantitative estimate of drug-likeness (QED) is 0.646. The van der Waals surface area contributed by atoms with E-state index in [0.29, 0.717) is 6.04 Å². The fourth-order valence-corrected chi connectivity index (χ4v) is 1.26. The van der Waals surface area contributed by atoms with E-state index in [1.165, 1.54) is 6.42 Å². The Labute approximate surface area is 71.0 Å². The van der Waals surface area contributed by atoms with Crippen molar-refractivity contribution in [1.82, 2.24) is 10.2 Å².